The molecule has 0 fully saturated rings. The highest BCUT2D eigenvalue weighted by Gasteiger charge is 2.40. The molecule has 1 aromatic heterocycles. The van der Waals surface area contributed by atoms with Crippen LogP contribution in [0.25, 0.3) is 10.9 Å². The average molecular weight is 466 g/mol. The number of aromatic nitrogens is 1. The maximum absolute atomic E-state index is 13.5. The van der Waals surface area contributed by atoms with E-state index in [2.05, 4.69) is 21.6 Å². The number of hydrogen-bond donors (Lipinski definition) is 1. The molecule has 6 nitrogen and oxygen atoms in total. The Kier molecular flexibility index (Phi) is 6.05. The fourth-order valence-electron chi connectivity index (χ4n) is 4.78. The normalized spacial score (nSPS) is 15.0. The van der Waals surface area contributed by atoms with Crippen molar-refractivity contribution in [1.82, 2.24) is 9.88 Å². The Hall–Kier alpha value is -2.77. The summed E-state index contributed by atoms with van der Waals surface area (Å²) >= 11 is 0. The molecule has 0 saturated heterocycles. The fourth-order valence-corrected chi connectivity index (χ4v) is 6.09. The van der Waals surface area contributed by atoms with Gasteiger partial charge in [-0.15, -0.1) is 0 Å². The number of aliphatic imine (C=N–C) groups is 1. The van der Waals surface area contributed by atoms with Gasteiger partial charge in [-0.1, -0.05) is 39.8 Å². The summed E-state index contributed by atoms with van der Waals surface area (Å²) in [4.78, 5) is 23.3. The number of benzene rings is 2. The number of ketones is 1. The lowest BCUT2D eigenvalue weighted by Crippen LogP contribution is -2.31. The van der Waals surface area contributed by atoms with Gasteiger partial charge in [0.25, 0.3) is 0 Å². The Morgan fingerprint density at radius 3 is 2.48 bits per heavy atom. The van der Waals surface area contributed by atoms with E-state index in [1.54, 1.807) is 18.2 Å². The zero-order valence-electron chi connectivity index (χ0n) is 19.7. The van der Waals surface area contributed by atoms with Crippen molar-refractivity contribution in [2.45, 2.75) is 44.6 Å². The Bertz CT molecular complexity index is 1350. The van der Waals surface area contributed by atoms with Gasteiger partial charge in [-0.05, 0) is 55.2 Å². The summed E-state index contributed by atoms with van der Waals surface area (Å²) < 4.78 is 26.2. The molecule has 0 spiro atoms. The number of carbonyl (C=O) groups is 1. The van der Waals surface area contributed by atoms with Crippen molar-refractivity contribution in [2.75, 3.05) is 25.4 Å². The quantitative estimate of drug-likeness (QED) is 0.501. The smallest absolute Gasteiger partial charge is 0.195 e. The number of nitrogens with zero attached hydrogens (tertiary/aromatic N) is 2. The molecule has 1 aliphatic carbocycles. The zero-order valence-corrected chi connectivity index (χ0v) is 20.6. The minimum Gasteiger partial charge on any atom is -0.357 e. The van der Waals surface area contributed by atoms with Gasteiger partial charge in [0.15, 0.2) is 15.6 Å². The predicted octanol–water partition coefficient (Wildman–Crippen LogP) is 4.35. The third kappa shape index (κ3) is 3.93. The minimum atomic E-state index is -3.47. The molecule has 33 heavy (non-hydrogen) atoms. The van der Waals surface area contributed by atoms with Crippen LogP contribution in [0, 0.1) is 0 Å². The van der Waals surface area contributed by atoms with Crippen LogP contribution in [-0.4, -0.2) is 56.2 Å². The highest BCUT2D eigenvalue weighted by atomic mass is 32.2. The number of fused-ring (bicyclic) bond motifs is 4. The molecule has 0 saturated carbocycles. The summed E-state index contributed by atoms with van der Waals surface area (Å²) in [5.41, 5.74) is 4.12. The largest absolute Gasteiger partial charge is 0.357 e. The number of sulfone groups is 1. The van der Waals surface area contributed by atoms with Crippen molar-refractivity contribution in [3.8, 4) is 0 Å². The van der Waals surface area contributed by atoms with Crippen LogP contribution in [0.4, 0.5) is 0 Å². The van der Waals surface area contributed by atoms with Gasteiger partial charge in [0.1, 0.15) is 0 Å². The summed E-state index contributed by atoms with van der Waals surface area (Å²) in [6, 6.07) is 10.9. The second-order valence-corrected chi connectivity index (χ2v) is 11.3. The van der Waals surface area contributed by atoms with Crippen LogP contribution in [0.1, 0.15) is 60.4 Å². The van der Waals surface area contributed by atoms with E-state index in [0.717, 1.165) is 40.8 Å². The van der Waals surface area contributed by atoms with E-state index >= 15 is 0 Å². The first-order valence-corrected chi connectivity index (χ1v) is 13.0. The first-order chi connectivity index (χ1) is 15.6. The van der Waals surface area contributed by atoms with E-state index in [-0.39, 0.29) is 16.4 Å². The maximum Gasteiger partial charge on any atom is 0.195 e. The van der Waals surface area contributed by atoms with Crippen LogP contribution in [0.15, 0.2) is 46.3 Å². The monoisotopic (exact) mass is 465 g/mol. The lowest BCUT2D eigenvalue weighted by molar-refractivity contribution is 0.103. The highest BCUT2D eigenvalue weighted by Crippen LogP contribution is 2.44. The van der Waals surface area contributed by atoms with E-state index in [9.17, 15) is 13.2 Å². The predicted molar refractivity (Wildman–Crippen MR) is 133 cm³/mol. The van der Waals surface area contributed by atoms with Crippen LogP contribution >= 0.6 is 0 Å². The summed E-state index contributed by atoms with van der Waals surface area (Å²) in [6.45, 7) is 14.3. The molecule has 0 aliphatic heterocycles. The molecule has 7 heteroatoms. The average Bonchev–Trinajstić information content (AvgIpc) is 3.18. The molecule has 1 heterocycles. The van der Waals surface area contributed by atoms with Gasteiger partial charge in [0.2, 0.25) is 0 Å². The van der Waals surface area contributed by atoms with Gasteiger partial charge in [-0.3, -0.25) is 9.79 Å². The number of H-pyrrole nitrogens is 1. The topological polar surface area (TPSA) is 82.6 Å². The molecule has 0 atom stereocenters. The zero-order chi connectivity index (χ0) is 24.0. The van der Waals surface area contributed by atoms with Crippen LogP contribution in [0.2, 0.25) is 0 Å². The summed E-state index contributed by atoms with van der Waals surface area (Å²) in [6.07, 6.45) is 0. The van der Waals surface area contributed by atoms with Gasteiger partial charge < -0.3 is 9.88 Å². The molecule has 4 rings (SSSR count). The van der Waals surface area contributed by atoms with E-state index in [0.29, 0.717) is 24.2 Å². The molecule has 0 unspecified atom stereocenters. The Balaban J connectivity index is 1.78. The maximum atomic E-state index is 13.5. The van der Waals surface area contributed by atoms with E-state index < -0.39 is 15.3 Å². The van der Waals surface area contributed by atoms with Crippen molar-refractivity contribution in [2.24, 2.45) is 4.99 Å². The third-order valence-electron chi connectivity index (χ3n) is 6.85. The fraction of sp³-hybridized carbons (Fsp3) is 0.385. The van der Waals surface area contributed by atoms with Gasteiger partial charge >= 0.3 is 0 Å². The molecule has 1 aliphatic rings. The summed E-state index contributed by atoms with van der Waals surface area (Å²) in [5.74, 6) is -0.0215. The molecule has 0 bridgehead atoms. The number of carbonyl (C=O) groups excluding carboxylic acids is 1. The van der Waals surface area contributed by atoms with Crippen LogP contribution in [-0.2, 0) is 21.8 Å². The Morgan fingerprint density at radius 2 is 1.82 bits per heavy atom. The molecular weight excluding hydrogens is 434 g/mol. The van der Waals surface area contributed by atoms with Crippen molar-refractivity contribution < 1.29 is 13.2 Å². The molecular formula is C26H31N3O3S. The Labute approximate surface area is 195 Å². The molecule has 2 aromatic carbocycles. The van der Waals surface area contributed by atoms with Gasteiger partial charge in [-0.2, -0.15) is 0 Å². The van der Waals surface area contributed by atoms with E-state index in [1.807, 2.05) is 45.9 Å². The summed E-state index contributed by atoms with van der Waals surface area (Å²) in [7, 11) is -3.47. The van der Waals surface area contributed by atoms with Crippen molar-refractivity contribution in [3.63, 3.8) is 0 Å². The SMILES string of the molecule is C=NCc1ccc2c3c([nH]c2c1)C(C)(C)c1cc(S(=O)(=O)CCN(CC)CC)ccc1C3=O. The van der Waals surface area contributed by atoms with E-state index in [1.165, 1.54) is 0 Å². The number of rotatable bonds is 8. The molecule has 0 amide bonds. The highest BCUT2D eigenvalue weighted by molar-refractivity contribution is 7.91. The Morgan fingerprint density at radius 1 is 1.09 bits per heavy atom. The number of hydrogen-bond acceptors (Lipinski definition) is 5. The first-order valence-electron chi connectivity index (χ1n) is 11.4. The third-order valence-corrected chi connectivity index (χ3v) is 8.54. The standard InChI is InChI=1S/C26H31N3O3S/c1-6-29(7-2)12-13-33(31,32)18-9-11-19-21(15-18)26(3,4)25-23(24(19)30)20-10-8-17(16-27-5)14-22(20)28-25/h8-11,14-15,28H,5-7,12-13,16H2,1-4H3. The van der Waals surface area contributed by atoms with Crippen LogP contribution in [0.3, 0.4) is 0 Å². The minimum absolute atomic E-state index is 0.0552. The van der Waals surface area contributed by atoms with Gasteiger partial charge in [0, 0.05) is 34.1 Å². The van der Waals surface area contributed by atoms with Crippen LogP contribution < -0.4 is 0 Å². The molecule has 1 N–H and O–H groups in total. The lowest BCUT2D eigenvalue weighted by Gasteiger charge is -2.32. The van der Waals surface area contributed by atoms with Crippen molar-refractivity contribution in [1.29, 1.82) is 0 Å². The number of aromatic amines is 1. The lowest BCUT2D eigenvalue weighted by atomic mass is 9.71. The summed E-state index contributed by atoms with van der Waals surface area (Å²) in [5, 5.41) is 0.873. The second-order valence-electron chi connectivity index (χ2n) is 9.14. The van der Waals surface area contributed by atoms with Crippen LogP contribution in [0.5, 0.6) is 0 Å². The van der Waals surface area contributed by atoms with E-state index in [4.69, 9.17) is 0 Å². The van der Waals surface area contributed by atoms with Crippen molar-refractivity contribution >= 4 is 33.2 Å². The van der Waals surface area contributed by atoms with Gasteiger partial charge in [0.05, 0.1) is 22.8 Å². The second kappa shape index (κ2) is 8.54. The first kappa shape index (κ1) is 23.4. The molecule has 174 valence electrons. The van der Waals surface area contributed by atoms with Gasteiger partial charge in [-0.25, -0.2) is 8.42 Å². The van der Waals surface area contributed by atoms with Crippen molar-refractivity contribution in [3.05, 3.63) is 64.3 Å². The number of nitrogens with one attached hydrogen (secondary N) is 1. The molecule has 3 aromatic rings. The molecule has 0 radical (unpaired) electrons.